The second kappa shape index (κ2) is 10.2. The van der Waals surface area contributed by atoms with E-state index in [1.165, 1.54) is 0 Å². The van der Waals surface area contributed by atoms with Crippen molar-refractivity contribution in [3.63, 3.8) is 0 Å². The highest BCUT2D eigenvalue weighted by atomic mass is 35.5. The monoisotopic (exact) mass is 327 g/mol. The molecule has 124 valence electrons. The fourth-order valence-corrected chi connectivity index (χ4v) is 1.75. The first kappa shape index (κ1) is 20.4. The lowest BCUT2D eigenvalue weighted by Crippen LogP contribution is -2.28. The largest absolute Gasteiger partial charge is 0.352 e. The lowest BCUT2D eigenvalue weighted by Gasteiger charge is -2.13. The zero-order valence-corrected chi connectivity index (χ0v) is 14.2. The molecule has 22 heavy (non-hydrogen) atoms. The van der Waals surface area contributed by atoms with E-state index in [2.05, 4.69) is 10.6 Å². The van der Waals surface area contributed by atoms with Gasteiger partial charge in [-0.15, -0.1) is 12.4 Å². The first-order chi connectivity index (χ1) is 9.90. The van der Waals surface area contributed by atoms with Gasteiger partial charge in [-0.2, -0.15) is 0 Å². The number of anilines is 1. The normalized spacial score (nSPS) is 11.5. The molecule has 0 saturated carbocycles. The van der Waals surface area contributed by atoms with Crippen LogP contribution in [0.1, 0.15) is 44.0 Å². The van der Waals surface area contributed by atoms with Crippen molar-refractivity contribution < 1.29 is 9.59 Å². The number of amides is 2. The van der Waals surface area contributed by atoms with E-state index in [9.17, 15) is 9.59 Å². The molecular formula is C16H26ClN3O2. The molecule has 0 aliphatic heterocycles. The molecule has 0 radical (unpaired) electrons. The molecule has 0 heterocycles. The standard InChI is InChI=1S/C16H25N3O2.ClH/c1-11(2)10-18-16(21)13-6-4-5-7-14(13)19-15(20)9-8-12(3)17;/h4-7,11-12H,8-10,17H2,1-3H3,(H,18,21)(H,19,20);1H. The number of hydrogen-bond donors (Lipinski definition) is 3. The molecule has 1 aromatic rings. The molecule has 1 aromatic carbocycles. The van der Waals surface area contributed by atoms with Crippen molar-refractivity contribution >= 4 is 29.9 Å². The minimum absolute atomic E-state index is 0. The fraction of sp³-hybridized carbons (Fsp3) is 0.500. The van der Waals surface area contributed by atoms with Crippen LogP contribution in [-0.2, 0) is 4.79 Å². The first-order valence-electron chi connectivity index (χ1n) is 7.32. The minimum Gasteiger partial charge on any atom is -0.352 e. The van der Waals surface area contributed by atoms with Crippen LogP contribution in [-0.4, -0.2) is 24.4 Å². The Balaban J connectivity index is 0.00000441. The number of nitrogens with one attached hydrogen (secondary N) is 2. The van der Waals surface area contributed by atoms with Gasteiger partial charge in [0.25, 0.3) is 5.91 Å². The third-order valence-corrected chi connectivity index (χ3v) is 2.94. The number of hydrogen-bond acceptors (Lipinski definition) is 3. The average Bonchev–Trinajstić information content (AvgIpc) is 2.43. The molecule has 0 spiro atoms. The molecule has 1 rings (SSSR count). The Morgan fingerprint density at radius 2 is 1.82 bits per heavy atom. The first-order valence-corrected chi connectivity index (χ1v) is 7.32. The molecular weight excluding hydrogens is 302 g/mol. The van der Waals surface area contributed by atoms with Gasteiger partial charge in [0.1, 0.15) is 0 Å². The zero-order chi connectivity index (χ0) is 15.8. The van der Waals surface area contributed by atoms with E-state index >= 15 is 0 Å². The van der Waals surface area contributed by atoms with Crippen molar-refractivity contribution in [2.24, 2.45) is 11.7 Å². The molecule has 0 fully saturated rings. The van der Waals surface area contributed by atoms with E-state index in [1.807, 2.05) is 20.8 Å². The van der Waals surface area contributed by atoms with Gasteiger partial charge in [0.15, 0.2) is 0 Å². The van der Waals surface area contributed by atoms with Crippen LogP contribution in [0.5, 0.6) is 0 Å². The molecule has 5 nitrogen and oxygen atoms in total. The second-order valence-electron chi connectivity index (χ2n) is 5.71. The van der Waals surface area contributed by atoms with Gasteiger partial charge >= 0.3 is 0 Å². The Hall–Kier alpha value is -1.59. The lowest BCUT2D eigenvalue weighted by atomic mass is 10.1. The molecule has 0 saturated heterocycles. The molecule has 0 aliphatic rings. The van der Waals surface area contributed by atoms with Crippen molar-refractivity contribution in [1.29, 1.82) is 0 Å². The maximum atomic E-state index is 12.1. The van der Waals surface area contributed by atoms with E-state index in [0.29, 0.717) is 36.6 Å². The summed E-state index contributed by atoms with van der Waals surface area (Å²) in [6.07, 6.45) is 0.965. The number of nitrogens with two attached hydrogens (primary N) is 1. The third-order valence-electron chi connectivity index (χ3n) is 2.94. The predicted octanol–water partition coefficient (Wildman–Crippen LogP) is 2.56. The minimum atomic E-state index is -0.174. The summed E-state index contributed by atoms with van der Waals surface area (Å²) in [6.45, 7) is 6.52. The van der Waals surface area contributed by atoms with Crippen LogP contribution >= 0.6 is 12.4 Å². The molecule has 2 amide bonds. The quantitative estimate of drug-likeness (QED) is 0.719. The molecule has 6 heteroatoms. The number of halogens is 1. The Kier molecular flexibility index (Phi) is 9.45. The van der Waals surface area contributed by atoms with Gasteiger partial charge in [0.05, 0.1) is 11.3 Å². The van der Waals surface area contributed by atoms with Gasteiger partial charge in [0.2, 0.25) is 5.91 Å². The Morgan fingerprint density at radius 1 is 1.18 bits per heavy atom. The van der Waals surface area contributed by atoms with Crippen LogP contribution < -0.4 is 16.4 Å². The molecule has 1 atom stereocenters. The van der Waals surface area contributed by atoms with Gasteiger partial charge in [-0.3, -0.25) is 9.59 Å². The number of benzene rings is 1. The molecule has 0 bridgehead atoms. The van der Waals surface area contributed by atoms with Crippen molar-refractivity contribution in [2.75, 3.05) is 11.9 Å². The maximum absolute atomic E-state index is 12.1. The van der Waals surface area contributed by atoms with Crippen molar-refractivity contribution in [2.45, 2.75) is 39.7 Å². The van der Waals surface area contributed by atoms with Crippen molar-refractivity contribution in [1.82, 2.24) is 5.32 Å². The fourth-order valence-electron chi connectivity index (χ4n) is 1.75. The smallest absolute Gasteiger partial charge is 0.253 e. The van der Waals surface area contributed by atoms with E-state index in [-0.39, 0.29) is 30.3 Å². The zero-order valence-electron chi connectivity index (χ0n) is 13.4. The third kappa shape index (κ3) is 7.43. The number of carbonyl (C=O) groups excluding carboxylic acids is 2. The van der Waals surface area contributed by atoms with E-state index in [1.54, 1.807) is 24.3 Å². The van der Waals surface area contributed by atoms with E-state index in [4.69, 9.17) is 5.73 Å². The summed E-state index contributed by atoms with van der Waals surface area (Å²) in [7, 11) is 0. The number of para-hydroxylation sites is 1. The molecule has 1 unspecified atom stereocenters. The molecule has 0 aromatic heterocycles. The van der Waals surface area contributed by atoms with Gasteiger partial charge in [-0.05, 0) is 31.4 Å². The topological polar surface area (TPSA) is 84.2 Å². The Labute approximate surface area is 138 Å². The lowest BCUT2D eigenvalue weighted by molar-refractivity contribution is -0.116. The molecule has 0 aliphatic carbocycles. The summed E-state index contributed by atoms with van der Waals surface area (Å²) in [5, 5.41) is 5.63. The summed E-state index contributed by atoms with van der Waals surface area (Å²) >= 11 is 0. The summed E-state index contributed by atoms with van der Waals surface area (Å²) in [5.41, 5.74) is 6.65. The highest BCUT2D eigenvalue weighted by Gasteiger charge is 2.13. The average molecular weight is 328 g/mol. The van der Waals surface area contributed by atoms with Crippen LogP contribution in [0, 0.1) is 5.92 Å². The van der Waals surface area contributed by atoms with E-state index < -0.39 is 0 Å². The maximum Gasteiger partial charge on any atom is 0.253 e. The summed E-state index contributed by atoms with van der Waals surface area (Å²) < 4.78 is 0. The van der Waals surface area contributed by atoms with Crippen LogP contribution in [0.3, 0.4) is 0 Å². The number of rotatable bonds is 7. The van der Waals surface area contributed by atoms with E-state index in [0.717, 1.165) is 0 Å². The summed E-state index contributed by atoms with van der Waals surface area (Å²) in [5.74, 6) is 0.0740. The second-order valence-corrected chi connectivity index (χ2v) is 5.71. The van der Waals surface area contributed by atoms with Gasteiger partial charge < -0.3 is 16.4 Å². The van der Waals surface area contributed by atoms with Crippen LogP contribution in [0.15, 0.2) is 24.3 Å². The van der Waals surface area contributed by atoms with Gasteiger partial charge in [-0.25, -0.2) is 0 Å². The summed E-state index contributed by atoms with van der Waals surface area (Å²) in [6, 6.07) is 6.99. The molecule has 4 N–H and O–H groups in total. The Bertz CT molecular complexity index is 490. The summed E-state index contributed by atoms with van der Waals surface area (Å²) in [4.78, 5) is 24.0. The van der Waals surface area contributed by atoms with Crippen LogP contribution in [0.25, 0.3) is 0 Å². The van der Waals surface area contributed by atoms with Crippen LogP contribution in [0.4, 0.5) is 5.69 Å². The van der Waals surface area contributed by atoms with Crippen molar-refractivity contribution in [3.8, 4) is 0 Å². The highest BCUT2D eigenvalue weighted by molar-refractivity contribution is 6.03. The van der Waals surface area contributed by atoms with Gasteiger partial charge in [0, 0.05) is 19.0 Å². The van der Waals surface area contributed by atoms with Crippen LogP contribution in [0.2, 0.25) is 0 Å². The number of carbonyl (C=O) groups is 2. The predicted molar refractivity (Wildman–Crippen MR) is 92.4 cm³/mol. The Morgan fingerprint density at radius 3 is 2.41 bits per heavy atom. The highest BCUT2D eigenvalue weighted by Crippen LogP contribution is 2.15. The SMILES string of the molecule is CC(C)CNC(=O)c1ccccc1NC(=O)CCC(C)N.Cl. The van der Waals surface area contributed by atoms with Gasteiger partial charge in [-0.1, -0.05) is 26.0 Å². The van der Waals surface area contributed by atoms with Crippen molar-refractivity contribution in [3.05, 3.63) is 29.8 Å².